The maximum absolute atomic E-state index is 9.58. The van der Waals surface area contributed by atoms with Gasteiger partial charge >= 0.3 is 0 Å². The summed E-state index contributed by atoms with van der Waals surface area (Å²) in [5, 5.41) is 19.1. The first-order valence-corrected chi connectivity index (χ1v) is 17.5. The van der Waals surface area contributed by atoms with Crippen LogP contribution in [-0.2, 0) is 21.7 Å². The Balaban J connectivity index is 0.000000323. The summed E-state index contributed by atoms with van der Waals surface area (Å²) in [5.74, 6) is 1.16. The van der Waals surface area contributed by atoms with Gasteiger partial charge in [0.2, 0.25) is 0 Å². The summed E-state index contributed by atoms with van der Waals surface area (Å²) in [7, 11) is 2.29. The summed E-state index contributed by atoms with van der Waals surface area (Å²) >= 11 is 0. The van der Waals surface area contributed by atoms with E-state index in [1.165, 1.54) is 5.56 Å². The molecule has 0 aromatic heterocycles. The minimum absolute atomic E-state index is 0.197. The largest absolute Gasteiger partial charge is 0.508 e. The van der Waals surface area contributed by atoms with E-state index in [-0.39, 0.29) is 5.75 Å². The van der Waals surface area contributed by atoms with Gasteiger partial charge < -0.3 is 23.8 Å². The fourth-order valence-electron chi connectivity index (χ4n) is 3.23. The first-order valence-electron chi connectivity index (χ1n) is 11.3. The van der Waals surface area contributed by atoms with Gasteiger partial charge in [-0.05, 0) is 93.3 Å². The van der Waals surface area contributed by atoms with Gasteiger partial charge in [0.25, 0.3) is 0 Å². The molecule has 5 nitrogen and oxygen atoms in total. The third-order valence-corrected chi connectivity index (χ3v) is 11.1. The minimum Gasteiger partial charge on any atom is -0.508 e. The van der Waals surface area contributed by atoms with Crippen molar-refractivity contribution >= 4 is 16.6 Å². The number of methoxy groups -OCH3 is 1. The van der Waals surface area contributed by atoms with Crippen molar-refractivity contribution in [3.63, 3.8) is 0 Å². The predicted octanol–water partition coefficient (Wildman–Crippen LogP) is 6.36. The Hall–Kier alpha value is -1.81. The lowest BCUT2D eigenvalue weighted by atomic mass is 10.1. The zero-order chi connectivity index (χ0) is 24.2. The van der Waals surface area contributed by atoms with Gasteiger partial charge in [0.15, 0.2) is 28.1 Å². The number of hydrogen-bond acceptors (Lipinski definition) is 5. The number of para-hydroxylation sites is 1. The van der Waals surface area contributed by atoms with Crippen LogP contribution in [0.4, 0.5) is 0 Å². The molecule has 0 atom stereocenters. The minimum atomic E-state index is -1.44. The zero-order valence-electron chi connectivity index (χ0n) is 20.9. The third-order valence-electron chi connectivity index (χ3n) is 5.81. The number of ether oxygens (including phenoxy) is 1. The molecule has 0 aliphatic heterocycles. The van der Waals surface area contributed by atoms with E-state index in [9.17, 15) is 10.2 Å². The maximum atomic E-state index is 9.58. The van der Waals surface area contributed by atoms with E-state index in [0.29, 0.717) is 11.5 Å². The van der Waals surface area contributed by atoms with Gasteiger partial charge in [-0.25, -0.2) is 0 Å². The van der Waals surface area contributed by atoms with Crippen LogP contribution in [-0.4, -0.2) is 48.2 Å². The summed E-state index contributed by atoms with van der Waals surface area (Å²) in [6, 6.07) is 15.4. The molecule has 0 radical (unpaired) electrons. The van der Waals surface area contributed by atoms with Crippen molar-refractivity contribution in [3.8, 4) is 17.2 Å². The van der Waals surface area contributed by atoms with Crippen LogP contribution in [0.3, 0.4) is 0 Å². The molecule has 0 saturated heterocycles. The van der Waals surface area contributed by atoms with Crippen LogP contribution in [0.2, 0.25) is 38.3 Å². The highest BCUT2D eigenvalue weighted by atomic mass is 28.4. The molecule has 180 valence electrons. The third kappa shape index (κ3) is 10.7. The van der Waals surface area contributed by atoms with Crippen molar-refractivity contribution in [2.75, 3.05) is 21.3 Å². The van der Waals surface area contributed by atoms with Gasteiger partial charge in [0, 0.05) is 14.2 Å². The molecule has 2 rings (SSSR count). The Morgan fingerprint density at radius 3 is 1.81 bits per heavy atom. The van der Waals surface area contributed by atoms with Gasteiger partial charge in [0.05, 0.1) is 7.11 Å². The number of aromatic hydroxyl groups is 2. The molecule has 0 aliphatic carbocycles. The summed E-state index contributed by atoms with van der Waals surface area (Å²) in [6.45, 7) is 8.89. The topological polar surface area (TPSA) is 68.2 Å². The Labute approximate surface area is 196 Å². The molecule has 0 heterocycles. The first-order chi connectivity index (χ1) is 15.0. The van der Waals surface area contributed by atoms with Gasteiger partial charge in [0.1, 0.15) is 5.75 Å². The van der Waals surface area contributed by atoms with Gasteiger partial charge in [-0.3, -0.25) is 0 Å². The molecule has 0 fully saturated rings. The molecule has 32 heavy (non-hydrogen) atoms. The number of aryl methyl sites for hydroxylation is 2. The maximum Gasteiger partial charge on any atom is 0.186 e. The predicted molar refractivity (Wildman–Crippen MR) is 138 cm³/mol. The molecule has 2 aromatic rings. The highest BCUT2D eigenvalue weighted by Crippen LogP contribution is 2.27. The van der Waals surface area contributed by atoms with Crippen LogP contribution in [0.15, 0.2) is 42.5 Å². The second-order valence-corrected chi connectivity index (χ2v) is 18.1. The van der Waals surface area contributed by atoms with Crippen LogP contribution in [0.1, 0.15) is 24.0 Å². The smallest absolute Gasteiger partial charge is 0.186 e. The summed E-state index contributed by atoms with van der Waals surface area (Å²) in [5.41, 5.74) is 2.24. The summed E-state index contributed by atoms with van der Waals surface area (Å²) < 4.78 is 16.1. The van der Waals surface area contributed by atoms with E-state index in [1.807, 2.05) is 30.3 Å². The lowest BCUT2D eigenvalue weighted by Gasteiger charge is -2.19. The SMILES string of the molecule is CO[Si](C)(C)CCCc1ccccc1O.COc1cc(CCC[Si](C)(C)OC)ccc1O. The average molecular weight is 479 g/mol. The van der Waals surface area contributed by atoms with E-state index in [4.69, 9.17) is 13.6 Å². The van der Waals surface area contributed by atoms with Gasteiger partial charge in [-0.1, -0.05) is 24.3 Å². The Morgan fingerprint density at radius 2 is 1.28 bits per heavy atom. The average Bonchev–Trinajstić information content (AvgIpc) is 2.76. The van der Waals surface area contributed by atoms with Gasteiger partial charge in [-0.15, -0.1) is 0 Å². The van der Waals surface area contributed by atoms with Crippen LogP contribution >= 0.6 is 0 Å². The number of rotatable bonds is 11. The van der Waals surface area contributed by atoms with Crippen molar-refractivity contribution < 1.29 is 23.8 Å². The summed E-state index contributed by atoms with van der Waals surface area (Å²) in [6.07, 6.45) is 4.13. The molecule has 7 heteroatoms. The zero-order valence-corrected chi connectivity index (χ0v) is 22.9. The molecule has 0 saturated carbocycles. The lowest BCUT2D eigenvalue weighted by molar-refractivity contribution is 0.373. The molecular weight excluding hydrogens is 436 g/mol. The van der Waals surface area contributed by atoms with Gasteiger partial charge in [-0.2, -0.15) is 0 Å². The summed E-state index contributed by atoms with van der Waals surface area (Å²) in [4.78, 5) is 0. The number of benzene rings is 2. The monoisotopic (exact) mass is 478 g/mol. The van der Waals surface area contributed by atoms with Crippen molar-refractivity contribution in [3.05, 3.63) is 53.6 Å². The standard InChI is InChI=1S/C13H22O3Si.C12H20O2Si/c1-15-13-10-11(7-8-12(13)14)6-5-9-17(3,4)16-2;1-14-15(2,3)10-6-8-11-7-4-5-9-12(11)13/h7-8,10,14H,5-6,9H2,1-4H3;4-5,7,9,13H,6,8,10H2,1-3H3. The molecule has 0 bridgehead atoms. The molecule has 0 spiro atoms. The van der Waals surface area contributed by atoms with E-state index in [1.54, 1.807) is 33.5 Å². The Kier molecular flexibility index (Phi) is 12.1. The van der Waals surface area contributed by atoms with Crippen LogP contribution in [0.25, 0.3) is 0 Å². The van der Waals surface area contributed by atoms with E-state index < -0.39 is 16.6 Å². The van der Waals surface area contributed by atoms with E-state index >= 15 is 0 Å². The van der Waals surface area contributed by atoms with E-state index in [2.05, 4.69) is 26.2 Å². The molecule has 0 amide bonds. The van der Waals surface area contributed by atoms with Crippen molar-refractivity contribution in [2.45, 2.75) is 64.0 Å². The first kappa shape index (κ1) is 28.2. The van der Waals surface area contributed by atoms with Crippen LogP contribution < -0.4 is 4.74 Å². The molecule has 2 aromatic carbocycles. The lowest BCUT2D eigenvalue weighted by Crippen LogP contribution is -2.28. The molecular formula is C25H42O5Si2. The van der Waals surface area contributed by atoms with E-state index in [0.717, 1.165) is 43.3 Å². The van der Waals surface area contributed by atoms with Crippen molar-refractivity contribution in [1.82, 2.24) is 0 Å². The Bertz CT molecular complexity index is 809. The molecule has 0 aliphatic rings. The fraction of sp³-hybridized carbons (Fsp3) is 0.520. The normalized spacial score (nSPS) is 11.6. The molecule has 0 unspecified atom stereocenters. The number of phenolic OH excluding ortho intramolecular Hbond substituents is 2. The quantitative estimate of drug-likeness (QED) is 0.368. The second-order valence-electron chi connectivity index (χ2n) is 9.27. The molecule has 2 N–H and O–H groups in total. The van der Waals surface area contributed by atoms with Crippen molar-refractivity contribution in [1.29, 1.82) is 0 Å². The number of hydrogen-bond donors (Lipinski definition) is 2. The highest BCUT2D eigenvalue weighted by molar-refractivity contribution is 6.71. The van der Waals surface area contributed by atoms with Crippen LogP contribution in [0.5, 0.6) is 17.2 Å². The number of phenols is 2. The van der Waals surface area contributed by atoms with Crippen LogP contribution in [0, 0.1) is 0 Å². The van der Waals surface area contributed by atoms with Crippen molar-refractivity contribution in [2.24, 2.45) is 0 Å². The second kappa shape index (κ2) is 13.7. The Morgan fingerprint density at radius 1 is 0.719 bits per heavy atom. The fourth-order valence-corrected chi connectivity index (χ4v) is 5.69. The highest BCUT2D eigenvalue weighted by Gasteiger charge is 2.20.